The maximum absolute atomic E-state index is 11.5. The molecule has 0 spiro atoms. The van der Waals surface area contributed by atoms with Gasteiger partial charge in [-0.1, -0.05) is 6.07 Å². The van der Waals surface area contributed by atoms with Crippen LogP contribution in [-0.2, 0) is 14.1 Å². The molecule has 1 rings (SSSR count). The van der Waals surface area contributed by atoms with Crippen LogP contribution in [0.1, 0.15) is 0 Å². The quantitative estimate of drug-likeness (QED) is 0.415. The van der Waals surface area contributed by atoms with Gasteiger partial charge in [-0.05, 0) is 6.07 Å². The van der Waals surface area contributed by atoms with Gasteiger partial charge in [-0.3, -0.25) is 10.1 Å². The van der Waals surface area contributed by atoms with Crippen molar-refractivity contribution in [3.05, 3.63) is 34.4 Å². The van der Waals surface area contributed by atoms with Crippen molar-refractivity contribution in [2.24, 2.45) is 0 Å². The van der Waals surface area contributed by atoms with Gasteiger partial charge in [0.1, 0.15) is 22.4 Å². The summed E-state index contributed by atoms with van der Waals surface area (Å²) in [5.74, 6) is 0. The van der Waals surface area contributed by atoms with Gasteiger partial charge in [0.15, 0.2) is 4.90 Å². The molecule has 1 aromatic rings. The number of hydrogen-bond donors (Lipinski definition) is 0. The number of nitrogens with zero attached hydrogens (tertiary/aromatic N) is 1. The second-order valence-electron chi connectivity index (χ2n) is 2.99. The van der Waals surface area contributed by atoms with E-state index in [4.69, 9.17) is 0 Å². The highest BCUT2D eigenvalue weighted by Gasteiger charge is 2.20. The lowest BCUT2D eigenvalue weighted by molar-refractivity contribution is -0.385. The van der Waals surface area contributed by atoms with Crippen molar-refractivity contribution in [3.8, 4) is 0 Å². The number of rotatable bonds is 2. The van der Waals surface area contributed by atoms with Crippen molar-refractivity contribution in [2.75, 3.05) is 12.5 Å². The van der Waals surface area contributed by atoms with E-state index in [0.717, 1.165) is 0 Å². The van der Waals surface area contributed by atoms with Gasteiger partial charge in [0.05, 0.1) is 11.0 Å². The first-order chi connectivity index (χ1) is 5.91. The molecule has 70 valence electrons. The van der Waals surface area contributed by atoms with Crippen molar-refractivity contribution in [1.29, 1.82) is 0 Å². The van der Waals surface area contributed by atoms with Crippen molar-refractivity contribution in [1.82, 2.24) is 0 Å². The number of hydrogen-bond acceptors (Lipinski definition) is 3. The highest BCUT2D eigenvalue weighted by atomic mass is 32.2. The van der Waals surface area contributed by atoms with Gasteiger partial charge in [0.2, 0.25) is 0 Å². The minimum atomic E-state index is -2.11. The van der Waals surface area contributed by atoms with E-state index < -0.39 is 14.9 Å². The highest BCUT2D eigenvalue weighted by molar-refractivity contribution is 8.01. The molecule has 0 atom stereocenters. The van der Waals surface area contributed by atoms with Gasteiger partial charge in [0, 0.05) is 6.07 Å². The molecule has 0 amide bonds. The van der Waals surface area contributed by atoms with Crippen LogP contribution in [0.3, 0.4) is 0 Å². The van der Waals surface area contributed by atoms with Crippen molar-refractivity contribution >= 4 is 15.6 Å². The molecule has 0 aliphatic heterocycles. The lowest BCUT2D eigenvalue weighted by atomic mass is 10.3. The summed E-state index contributed by atoms with van der Waals surface area (Å²) in [7, 11) is -2.11. The Morgan fingerprint density at radius 2 is 2.00 bits per heavy atom. The van der Waals surface area contributed by atoms with E-state index in [0.29, 0.717) is 4.90 Å². The molecule has 13 heavy (non-hydrogen) atoms. The van der Waals surface area contributed by atoms with E-state index in [1.54, 1.807) is 24.6 Å². The van der Waals surface area contributed by atoms with Crippen LogP contribution in [0.25, 0.3) is 0 Å². The molecule has 0 aromatic heterocycles. The van der Waals surface area contributed by atoms with Crippen LogP contribution in [0.5, 0.6) is 0 Å². The Morgan fingerprint density at radius 3 is 2.46 bits per heavy atom. The van der Waals surface area contributed by atoms with E-state index in [-0.39, 0.29) is 5.69 Å². The SMILES string of the molecule is C[S+](C)(=O)c1cccc([N+](=O)[O-])c1. The van der Waals surface area contributed by atoms with Gasteiger partial charge in [0.25, 0.3) is 5.69 Å². The monoisotopic (exact) mass is 200 g/mol. The molecule has 0 bridgehead atoms. The zero-order chi connectivity index (χ0) is 10.1. The molecule has 0 radical (unpaired) electrons. The van der Waals surface area contributed by atoms with Crippen molar-refractivity contribution < 1.29 is 9.13 Å². The number of benzene rings is 1. The van der Waals surface area contributed by atoms with Gasteiger partial charge in [-0.2, -0.15) is 0 Å². The van der Waals surface area contributed by atoms with E-state index in [1.165, 1.54) is 12.1 Å². The van der Waals surface area contributed by atoms with E-state index in [9.17, 15) is 14.3 Å². The maximum atomic E-state index is 11.5. The summed E-state index contributed by atoms with van der Waals surface area (Å²) in [5, 5.41) is 10.4. The average molecular weight is 200 g/mol. The minimum absolute atomic E-state index is 0.0195. The van der Waals surface area contributed by atoms with Crippen molar-refractivity contribution in [3.63, 3.8) is 0 Å². The van der Waals surface area contributed by atoms with Gasteiger partial charge >= 0.3 is 0 Å². The molecule has 4 nitrogen and oxygen atoms in total. The molecule has 1 aromatic carbocycles. The van der Waals surface area contributed by atoms with Crippen LogP contribution in [-0.4, -0.2) is 17.4 Å². The third-order valence-corrected chi connectivity index (χ3v) is 2.99. The lowest BCUT2D eigenvalue weighted by Gasteiger charge is -1.98. The fourth-order valence-corrected chi connectivity index (χ4v) is 1.71. The zero-order valence-electron chi connectivity index (χ0n) is 7.39. The Bertz CT molecular complexity index is 383. The van der Waals surface area contributed by atoms with E-state index in [1.807, 2.05) is 0 Å². The lowest BCUT2D eigenvalue weighted by Crippen LogP contribution is -2.05. The zero-order valence-corrected chi connectivity index (χ0v) is 8.21. The molecule has 0 saturated heterocycles. The van der Waals surface area contributed by atoms with Crippen LogP contribution in [0.15, 0.2) is 29.2 Å². The Balaban J connectivity index is 3.21. The summed E-state index contributed by atoms with van der Waals surface area (Å²) in [6.07, 6.45) is 3.12. The standard InChI is InChI=1S/C8H10NO3S/c1-13(2,12)8-5-3-4-7(6-8)9(10)11/h3-6H,1-2H3/q+1. The summed E-state index contributed by atoms with van der Waals surface area (Å²) >= 11 is 0. The molecule has 0 fully saturated rings. The third kappa shape index (κ3) is 2.35. The third-order valence-electron chi connectivity index (χ3n) is 1.60. The fraction of sp³-hybridized carbons (Fsp3) is 0.250. The van der Waals surface area contributed by atoms with Crippen LogP contribution >= 0.6 is 0 Å². The largest absolute Gasteiger partial charge is 0.274 e. The van der Waals surface area contributed by atoms with Crippen molar-refractivity contribution in [2.45, 2.75) is 4.90 Å². The van der Waals surface area contributed by atoms with Gasteiger partial charge < -0.3 is 0 Å². The second kappa shape index (κ2) is 3.26. The van der Waals surface area contributed by atoms with Gasteiger partial charge in [-0.15, -0.1) is 4.21 Å². The Morgan fingerprint density at radius 1 is 1.38 bits per heavy atom. The van der Waals surface area contributed by atoms with E-state index >= 15 is 0 Å². The first-order valence-electron chi connectivity index (χ1n) is 3.60. The fourth-order valence-electron chi connectivity index (χ4n) is 0.903. The molecule has 0 aliphatic carbocycles. The molecular weight excluding hydrogens is 190 g/mol. The second-order valence-corrected chi connectivity index (χ2v) is 5.93. The molecule has 0 saturated carbocycles. The first kappa shape index (κ1) is 9.85. The topological polar surface area (TPSA) is 60.2 Å². The molecule has 0 N–H and O–H groups in total. The highest BCUT2D eigenvalue weighted by Crippen LogP contribution is 2.19. The smallest absolute Gasteiger partial charge is 0.258 e. The number of nitro groups is 1. The molecule has 5 heteroatoms. The normalized spacial score (nSPS) is 11.2. The van der Waals surface area contributed by atoms with Crippen LogP contribution in [0.4, 0.5) is 5.69 Å². The number of nitro benzene ring substituents is 1. The molecule has 0 unspecified atom stereocenters. The van der Waals surface area contributed by atoms with Gasteiger partial charge in [-0.25, -0.2) is 0 Å². The molecular formula is C8H10NO3S+. The predicted molar refractivity (Wildman–Crippen MR) is 51.3 cm³/mol. The summed E-state index contributed by atoms with van der Waals surface area (Å²) in [5.41, 5.74) is -0.0195. The summed E-state index contributed by atoms with van der Waals surface area (Å²) < 4.78 is 11.5. The van der Waals surface area contributed by atoms with Crippen LogP contribution in [0, 0.1) is 10.1 Å². The Hall–Kier alpha value is -1.23. The Kier molecular flexibility index (Phi) is 2.47. The maximum Gasteiger partial charge on any atom is 0.274 e. The van der Waals surface area contributed by atoms with E-state index in [2.05, 4.69) is 0 Å². The average Bonchev–Trinajstić information content (AvgIpc) is 2.03. The predicted octanol–water partition coefficient (Wildman–Crippen LogP) is 1.71. The summed E-state index contributed by atoms with van der Waals surface area (Å²) in [6.45, 7) is 0. The number of non-ortho nitro benzene ring substituents is 1. The molecule has 0 aliphatic rings. The Labute approximate surface area is 77.2 Å². The minimum Gasteiger partial charge on any atom is -0.258 e. The summed E-state index contributed by atoms with van der Waals surface area (Å²) in [6, 6.07) is 5.91. The van der Waals surface area contributed by atoms with Crippen LogP contribution < -0.4 is 0 Å². The summed E-state index contributed by atoms with van der Waals surface area (Å²) in [4.78, 5) is 10.4. The first-order valence-corrected chi connectivity index (χ1v) is 5.97. The molecule has 0 heterocycles. The van der Waals surface area contributed by atoms with Crippen LogP contribution in [0.2, 0.25) is 0 Å².